The minimum absolute atomic E-state index is 0.0992. The first-order chi connectivity index (χ1) is 7.88. The third-order valence-electron chi connectivity index (χ3n) is 2.72. The van der Waals surface area contributed by atoms with Gasteiger partial charge in [0.2, 0.25) is 6.79 Å². The lowest BCUT2D eigenvalue weighted by atomic mass is 10.1. The molecule has 1 aromatic rings. The van der Waals surface area contributed by atoms with Crippen molar-refractivity contribution in [2.75, 3.05) is 13.9 Å². The molecule has 1 aliphatic heterocycles. The maximum Gasteiger partial charge on any atom is 0.363 e. The van der Waals surface area contributed by atoms with E-state index in [0.717, 1.165) is 7.11 Å². The summed E-state index contributed by atoms with van der Waals surface area (Å²) in [6.45, 7) is 1.32. The molecule has 2 N–H and O–H groups in total. The molecule has 1 heterocycles. The van der Waals surface area contributed by atoms with E-state index in [1.54, 1.807) is 6.07 Å². The van der Waals surface area contributed by atoms with Crippen LogP contribution in [0.4, 0.5) is 0 Å². The van der Waals surface area contributed by atoms with E-state index in [4.69, 9.17) is 9.47 Å². The highest BCUT2D eigenvalue weighted by Crippen LogP contribution is 2.59. The van der Waals surface area contributed by atoms with Crippen molar-refractivity contribution in [2.24, 2.45) is 0 Å². The molecule has 1 unspecified atom stereocenters. The maximum atomic E-state index is 11.7. The molecule has 94 valence electrons. The van der Waals surface area contributed by atoms with Crippen molar-refractivity contribution >= 4 is 7.60 Å². The van der Waals surface area contributed by atoms with Crippen LogP contribution in [0, 0.1) is 0 Å². The number of hydrogen-bond acceptors (Lipinski definition) is 5. The van der Waals surface area contributed by atoms with Crippen molar-refractivity contribution in [1.82, 2.24) is 0 Å². The molecule has 0 saturated heterocycles. The minimum Gasteiger partial charge on any atom is -0.454 e. The summed E-state index contributed by atoms with van der Waals surface area (Å²) >= 11 is 0. The second kappa shape index (κ2) is 3.99. The Hall–Kier alpha value is -1.07. The number of aliphatic hydroxyl groups is 1. The Balaban J connectivity index is 2.44. The topological polar surface area (TPSA) is 85.2 Å². The summed E-state index contributed by atoms with van der Waals surface area (Å²) in [5.74, 6) is 0.966. The van der Waals surface area contributed by atoms with Gasteiger partial charge in [0.1, 0.15) is 0 Å². The second-order valence-electron chi connectivity index (χ2n) is 3.79. The molecule has 2 rings (SSSR count). The molecule has 0 aromatic heterocycles. The third kappa shape index (κ3) is 1.93. The molecule has 0 bridgehead atoms. The summed E-state index contributed by atoms with van der Waals surface area (Å²) in [5, 5.41) is 8.11. The highest BCUT2D eigenvalue weighted by atomic mass is 31.2. The summed E-state index contributed by atoms with van der Waals surface area (Å²) in [5.41, 5.74) is 0.231. The van der Waals surface area contributed by atoms with E-state index in [-0.39, 0.29) is 12.4 Å². The molecule has 0 fully saturated rings. The molecule has 0 saturated carbocycles. The van der Waals surface area contributed by atoms with Crippen molar-refractivity contribution in [1.29, 1.82) is 0 Å². The van der Waals surface area contributed by atoms with Gasteiger partial charge in [-0.15, -0.1) is 0 Å². The predicted octanol–water partition coefficient (Wildman–Crippen LogP) is 1.41. The minimum atomic E-state index is -4.16. The van der Waals surface area contributed by atoms with Crippen LogP contribution in [0.1, 0.15) is 12.5 Å². The Morgan fingerprint density at radius 2 is 2.06 bits per heavy atom. The molecule has 0 aliphatic carbocycles. The molecule has 0 spiro atoms. The summed E-state index contributed by atoms with van der Waals surface area (Å²) in [6, 6.07) is 4.53. The summed E-state index contributed by atoms with van der Waals surface area (Å²) in [4.78, 5) is 9.56. The summed E-state index contributed by atoms with van der Waals surface area (Å²) in [7, 11) is -3.09. The van der Waals surface area contributed by atoms with Crippen LogP contribution in [0.25, 0.3) is 0 Å². The molecule has 1 aromatic carbocycles. The molecule has 0 radical (unpaired) electrons. The largest absolute Gasteiger partial charge is 0.454 e. The first kappa shape index (κ1) is 12.4. The normalized spacial score (nSPS) is 20.7. The van der Waals surface area contributed by atoms with Crippen LogP contribution in [0.3, 0.4) is 0 Å². The lowest BCUT2D eigenvalue weighted by Gasteiger charge is -2.27. The Bertz CT molecular complexity index is 484. The Labute approximate surface area is 98.3 Å². The second-order valence-corrected chi connectivity index (χ2v) is 6.07. The average molecular weight is 260 g/mol. The van der Waals surface area contributed by atoms with Crippen molar-refractivity contribution in [3.63, 3.8) is 0 Å². The Kier molecular flexibility index (Phi) is 2.91. The first-order valence-electron chi connectivity index (χ1n) is 4.89. The fourth-order valence-electron chi connectivity index (χ4n) is 1.53. The van der Waals surface area contributed by atoms with Crippen LogP contribution in [0.5, 0.6) is 11.5 Å². The van der Waals surface area contributed by atoms with Gasteiger partial charge in [0.15, 0.2) is 16.8 Å². The zero-order valence-corrected chi connectivity index (χ0v) is 10.3. The van der Waals surface area contributed by atoms with E-state index in [1.165, 1.54) is 19.1 Å². The van der Waals surface area contributed by atoms with Gasteiger partial charge in [-0.1, -0.05) is 6.07 Å². The standard InChI is InChI=1S/C10H13O6P/c1-10(11,17(12,13)14-2)7-3-4-8-9(5-7)16-6-15-8/h3-5,11H,6H2,1-2H3,(H,12,13)/t10-/m0/s1. The smallest absolute Gasteiger partial charge is 0.363 e. The Morgan fingerprint density at radius 1 is 1.41 bits per heavy atom. The van der Waals surface area contributed by atoms with Crippen LogP contribution >= 0.6 is 7.60 Å². The molecule has 2 atom stereocenters. The van der Waals surface area contributed by atoms with Crippen LogP contribution in [-0.4, -0.2) is 23.9 Å². The summed E-state index contributed by atoms with van der Waals surface area (Å²) in [6.07, 6.45) is 0. The average Bonchev–Trinajstić information content (AvgIpc) is 2.75. The van der Waals surface area contributed by atoms with Gasteiger partial charge in [-0.2, -0.15) is 0 Å². The molecule has 0 amide bonds. The third-order valence-corrected chi connectivity index (χ3v) is 4.57. The zero-order chi connectivity index (χ0) is 12.7. The first-order valence-corrected chi connectivity index (χ1v) is 6.47. The van der Waals surface area contributed by atoms with E-state index in [1.807, 2.05) is 0 Å². The van der Waals surface area contributed by atoms with Gasteiger partial charge in [-0.05, 0) is 24.6 Å². The number of rotatable bonds is 3. The van der Waals surface area contributed by atoms with E-state index in [2.05, 4.69) is 4.52 Å². The number of benzene rings is 1. The van der Waals surface area contributed by atoms with Gasteiger partial charge in [-0.25, -0.2) is 0 Å². The van der Waals surface area contributed by atoms with Crippen LogP contribution in [0.15, 0.2) is 18.2 Å². The quantitative estimate of drug-likeness (QED) is 0.799. The molecule has 7 heteroatoms. The summed E-state index contributed by atoms with van der Waals surface area (Å²) < 4.78 is 26.4. The van der Waals surface area contributed by atoms with Crippen molar-refractivity contribution in [2.45, 2.75) is 12.3 Å². The number of hydrogen-bond donors (Lipinski definition) is 2. The van der Waals surface area contributed by atoms with Crippen molar-refractivity contribution < 1.29 is 28.6 Å². The number of fused-ring (bicyclic) bond motifs is 1. The lowest BCUT2D eigenvalue weighted by Crippen LogP contribution is -2.22. The van der Waals surface area contributed by atoms with Crippen LogP contribution in [-0.2, 0) is 14.4 Å². The van der Waals surface area contributed by atoms with Gasteiger partial charge < -0.3 is 24.0 Å². The van der Waals surface area contributed by atoms with Gasteiger partial charge in [-0.3, -0.25) is 4.57 Å². The SMILES string of the molecule is COP(=O)(O)[C@](C)(O)c1ccc2c(c1)OCO2. The fraction of sp³-hybridized carbons (Fsp3) is 0.400. The van der Waals surface area contributed by atoms with E-state index >= 15 is 0 Å². The van der Waals surface area contributed by atoms with E-state index in [9.17, 15) is 14.6 Å². The van der Waals surface area contributed by atoms with Gasteiger partial charge in [0, 0.05) is 7.11 Å². The monoisotopic (exact) mass is 260 g/mol. The van der Waals surface area contributed by atoms with Crippen LogP contribution < -0.4 is 9.47 Å². The van der Waals surface area contributed by atoms with Gasteiger partial charge in [0.25, 0.3) is 0 Å². The molecule has 17 heavy (non-hydrogen) atoms. The molecule has 6 nitrogen and oxygen atoms in total. The molecular formula is C10H13O6P. The predicted molar refractivity (Wildman–Crippen MR) is 59.0 cm³/mol. The molecule has 1 aliphatic rings. The lowest BCUT2D eigenvalue weighted by molar-refractivity contribution is 0.101. The van der Waals surface area contributed by atoms with E-state index in [0.29, 0.717) is 11.5 Å². The van der Waals surface area contributed by atoms with Crippen molar-refractivity contribution in [3.05, 3.63) is 23.8 Å². The van der Waals surface area contributed by atoms with E-state index < -0.39 is 12.9 Å². The number of ether oxygens (including phenoxy) is 2. The van der Waals surface area contributed by atoms with Gasteiger partial charge >= 0.3 is 7.60 Å². The van der Waals surface area contributed by atoms with Gasteiger partial charge in [0.05, 0.1) is 0 Å². The zero-order valence-electron chi connectivity index (χ0n) is 9.41. The van der Waals surface area contributed by atoms with Crippen LogP contribution in [0.2, 0.25) is 0 Å². The Morgan fingerprint density at radius 3 is 2.71 bits per heavy atom. The molecular weight excluding hydrogens is 247 g/mol. The highest BCUT2D eigenvalue weighted by Gasteiger charge is 2.44. The van der Waals surface area contributed by atoms with Crippen molar-refractivity contribution in [3.8, 4) is 11.5 Å². The fourth-order valence-corrected chi connectivity index (χ4v) is 2.35. The highest BCUT2D eigenvalue weighted by molar-refractivity contribution is 7.53. The maximum absolute atomic E-state index is 11.7.